The Kier molecular flexibility index (Phi) is 5.36. The molecule has 0 aromatic carbocycles. The van der Waals surface area contributed by atoms with Gasteiger partial charge in [0.25, 0.3) is 0 Å². The average Bonchev–Trinajstić information content (AvgIpc) is 2.34. The zero-order valence-corrected chi connectivity index (χ0v) is 13.6. The van der Waals surface area contributed by atoms with Crippen LogP contribution < -0.4 is 0 Å². The van der Waals surface area contributed by atoms with Crippen LogP contribution in [0.1, 0.15) is 43.6 Å². The quantitative estimate of drug-likeness (QED) is 0.564. The molecular weight excluding hydrogens is 367 g/mol. The van der Waals surface area contributed by atoms with E-state index in [2.05, 4.69) is 32.6 Å². The fraction of sp³-hybridized carbons (Fsp3) is 0.667. The fourth-order valence-corrected chi connectivity index (χ4v) is 3.72. The summed E-state index contributed by atoms with van der Waals surface area (Å²) in [6, 6.07) is 0. The number of nitrogens with zero attached hydrogens (tertiary/aromatic N) is 2. The van der Waals surface area contributed by atoms with Crippen LogP contribution >= 0.6 is 46.0 Å². The van der Waals surface area contributed by atoms with Crippen molar-refractivity contribution >= 4 is 46.0 Å². The molecule has 1 aliphatic carbocycles. The number of hydrogen-bond donors (Lipinski definition) is 0. The second-order valence-electron chi connectivity index (χ2n) is 4.40. The lowest BCUT2D eigenvalue weighted by Crippen LogP contribution is -2.09. The van der Waals surface area contributed by atoms with Crippen molar-refractivity contribution in [1.29, 1.82) is 0 Å². The van der Waals surface area contributed by atoms with Gasteiger partial charge in [-0.15, -0.1) is 0 Å². The zero-order valence-electron chi connectivity index (χ0n) is 9.88. The van der Waals surface area contributed by atoms with Crippen molar-refractivity contribution in [3.63, 3.8) is 0 Å². The van der Waals surface area contributed by atoms with Crippen LogP contribution in [0, 0.1) is 10.5 Å². The molecule has 0 saturated heterocycles. The van der Waals surface area contributed by atoms with Gasteiger partial charge in [-0.1, -0.05) is 30.9 Å². The molecule has 1 aromatic rings. The van der Waals surface area contributed by atoms with Crippen molar-refractivity contribution in [2.75, 3.05) is 0 Å². The Bertz CT molecular complexity index is 371. The van der Waals surface area contributed by atoms with E-state index >= 15 is 0 Å². The van der Waals surface area contributed by atoms with Gasteiger partial charge in [0.2, 0.25) is 0 Å². The second kappa shape index (κ2) is 6.57. The van der Waals surface area contributed by atoms with Gasteiger partial charge in [-0.05, 0) is 42.4 Å². The summed E-state index contributed by atoms with van der Waals surface area (Å²) in [5.41, 5.74) is 0.991. The minimum atomic E-state index is 0.595. The monoisotopic (exact) mass is 382 g/mol. The highest BCUT2D eigenvalue weighted by Crippen LogP contribution is 2.30. The first kappa shape index (κ1) is 13.9. The van der Waals surface area contributed by atoms with E-state index in [0.717, 1.165) is 26.1 Å². The Hall–Kier alpha value is 0.450. The highest BCUT2D eigenvalue weighted by molar-refractivity contribution is 14.1. The second-order valence-corrected chi connectivity index (χ2v) is 7.13. The minimum Gasteiger partial charge on any atom is -0.236 e. The maximum absolute atomic E-state index is 6.07. The van der Waals surface area contributed by atoms with Crippen LogP contribution in [0.4, 0.5) is 0 Å². The predicted octanol–water partition coefficient (Wildman–Crippen LogP) is 4.61. The lowest BCUT2D eigenvalue weighted by atomic mass is 10.0. The Balaban J connectivity index is 1.94. The minimum absolute atomic E-state index is 0.595. The van der Waals surface area contributed by atoms with Gasteiger partial charge in [-0.3, -0.25) is 0 Å². The standard InChI is InChI=1S/C12H16ClIN2S/c1-8-11(14)12(13)16-10(15-8)7-17-9-5-3-2-4-6-9/h9H,2-7H2,1H3. The fourth-order valence-electron chi connectivity index (χ4n) is 2.07. The van der Waals surface area contributed by atoms with E-state index in [4.69, 9.17) is 11.6 Å². The van der Waals surface area contributed by atoms with Crippen molar-refractivity contribution < 1.29 is 0 Å². The molecule has 94 valence electrons. The summed E-state index contributed by atoms with van der Waals surface area (Å²) in [4.78, 5) is 8.84. The third kappa shape index (κ3) is 3.96. The molecule has 0 radical (unpaired) electrons. The lowest BCUT2D eigenvalue weighted by molar-refractivity contribution is 0.516. The summed E-state index contributed by atoms with van der Waals surface area (Å²) in [6.07, 6.45) is 6.86. The number of aryl methyl sites for hydroxylation is 1. The van der Waals surface area contributed by atoms with Crippen LogP contribution in [0.25, 0.3) is 0 Å². The van der Waals surface area contributed by atoms with Crippen LogP contribution in [0.3, 0.4) is 0 Å². The Morgan fingerprint density at radius 2 is 2.00 bits per heavy atom. The summed E-state index contributed by atoms with van der Waals surface area (Å²) in [7, 11) is 0. The van der Waals surface area contributed by atoms with Gasteiger partial charge in [0.05, 0.1) is 15.0 Å². The van der Waals surface area contributed by atoms with E-state index in [1.165, 1.54) is 32.1 Å². The van der Waals surface area contributed by atoms with Gasteiger partial charge in [-0.25, -0.2) is 9.97 Å². The predicted molar refractivity (Wildman–Crippen MR) is 82.7 cm³/mol. The smallest absolute Gasteiger partial charge is 0.146 e. The molecule has 5 heteroatoms. The number of aromatic nitrogens is 2. The first-order chi connectivity index (χ1) is 8.16. The molecule has 1 aromatic heterocycles. The van der Waals surface area contributed by atoms with E-state index in [1.807, 2.05) is 18.7 Å². The molecule has 0 unspecified atom stereocenters. The van der Waals surface area contributed by atoms with Crippen LogP contribution in [0.5, 0.6) is 0 Å². The maximum atomic E-state index is 6.07. The molecule has 1 saturated carbocycles. The van der Waals surface area contributed by atoms with Gasteiger partial charge < -0.3 is 0 Å². The molecule has 1 fully saturated rings. The van der Waals surface area contributed by atoms with Crippen LogP contribution in [-0.4, -0.2) is 15.2 Å². The molecule has 2 rings (SSSR count). The van der Waals surface area contributed by atoms with E-state index in [0.29, 0.717) is 5.15 Å². The number of halogens is 2. The topological polar surface area (TPSA) is 25.8 Å². The van der Waals surface area contributed by atoms with Gasteiger partial charge in [0.1, 0.15) is 11.0 Å². The first-order valence-corrected chi connectivity index (χ1v) is 8.47. The van der Waals surface area contributed by atoms with Crippen LogP contribution in [0.15, 0.2) is 0 Å². The summed E-state index contributed by atoms with van der Waals surface area (Å²) in [5, 5.41) is 1.39. The number of hydrogen-bond acceptors (Lipinski definition) is 3. The molecule has 2 nitrogen and oxygen atoms in total. The summed E-state index contributed by atoms with van der Waals surface area (Å²) >= 11 is 10.3. The van der Waals surface area contributed by atoms with Gasteiger partial charge in [0, 0.05) is 5.25 Å². The molecule has 0 bridgehead atoms. The van der Waals surface area contributed by atoms with Crippen molar-refractivity contribution in [3.8, 4) is 0 Å². The first-order valence-electron chi connectivity index (χ1n) is 5.97. The van der Waals surface area contributed by atoms with Crippen molar-refractivity contribution in [1.82, 2.24) is 9.97 Å². The van der Waals surface area contributed by atoms with Crippen LogP contribution in [-0.2, 0) is 5.75 Å². The van der Waals surface area contributed by atoms with E-state index in [9.17, 15) is 0 Å². The average molecular weight is 383 g/mol. The Labute approximate surface area is 125 Å². The lowest BCUT2D eigenvalue weighted by Gasteiger charge is -2.20. The normalized spacial score (nSPS) is 17.4. The van der Waals surface area contributed by atoms with Gasteiger partial charge in [-0.2, -0.15) is 11.8 Å². The summed E-state index contributed by atoms with van der Waals surface area (Å²) in [6.45, 7) is 1.99. The third-order valence-corrected chi connectivity index (χ3v) is 6.27. The molecule has 0 atom stereocenters. The summed E-state index contributed by atoms with van der Waals surface area (Å²) in [5.74, 6) is 1.77. The van der Waals surface area contributed by atoms with Crippen molar-refractivity contribution in [2.45, 2.75) is 50.0 Å². The molecule has 1 aliphatic rings. The maximum Gasteiger partial charge on any atom is 0.146 e. The Morgan fingerprint density at radius 1 is 1.29 bits per heavy atom. The van der Waals surface area contributed by atoms with E-state index < -0.39 is 0 Å². The van der Waals surface area contributed by atoms with Crippen LogP contribution in [0.2, 0.25) is 5.15 Å². The molecule has 0 spiro atoms. The third-order valence-electron chi connectivity index (χ3n) is 3.02. The molecule has 1 heterocycles. The highest BCUT2D eigenvalue weighted by atomic mass is 127. The summed E-state index contributed by atoms with van der Waals surface area (Å²) < 4.78 is 0.968. The number of thioether (sulfide) groups is 1. The largest absolute Gasteiger partial charge is 0.236 e. The van der Waals surface area contributed by atoms with E-state index in [1.54, 1.807) is 0 Å². The molecule has 17 heavy (non-hydrogen) atoms. The van der Waals surface area contributed by atoms with Crippen molar-refractivity contribution in [2.24, 2.45) is 0 Å². The molecule has 0 amide bonds. The molecule has 0 N–H and O–H groups in total. The van der Waals surface area contributed by atoms with Gasteiger partial charge >= 0.3 is 0 Å². The molecule has 0 aliphatic heterocycles. The molecular formula is C12H16ClIN2S. The Morgan fingerprint density at radius 3 is 2.65 bits per heavy atom. The zero-order chi connectivity index (χ0) is 12.3. The van der Waals surface area contributed by atoms with Gasteiger partial charge in [0.15, 0.2) is 0 Å². The van der Waals surface area contributed by atoms with Crippen molar-refractivity contribution in [3.05, 3.63) is 20.2 Å². The SMILES string of the molecule is Cc1nc(CSC2CCCCC2)nc(Cl)c1I. The van der Waals surface area contributed by atoms with E-state index in [-0.39, 0.29) is 0 Å². The highest BCUT2D eigenvalue weighted by Gasteiger charge is 2.15. The number of rotatable bonds is 3.